The Morgan fingerprint density at radius 1 is 1.37 bits per heavy atom. The first-order valence-corrected chi connectivity index (χ1v) is 6.04. The fraction of sp³-hybridized carbons (Fsp3) is 0.154. The molecule has 6 heteroatoms. The monoisotopic (exact) mass is 277 g/mol. The van der Waals surface area contributed by atoms with Crippen LogP contribution in [0.5, 0.6) is 0 Å². The maximum atomic E-state index is 10.9. The first-order valence-electron chi connectivity index (χ1n) is 5.66. The van der Waals surface area contributed by atoms with Gasteiger partial charge in [-0.15, -0.1) is 0 Å². The summed E-state index contributed by atoms with van der Waals surface area (Å²) in [5.41, 5.74) is 2.10. The summed E-state index contributed by atoms with van der Waals surface area (Å²) in [6, 6.07) is 10.1. The van der Waals surface area contributed by atoms with Crippen molar-refractivity contribution in [3.05, 3.63) is 62.9 Å². The summed E-state index contributed by atoms with van der Waals surface area (Å²) in [5.74, 6) is 0. The standard InChI is InChI=1S/C13H12ClN3O2/c1-9-3-2-4-11(16-9)8-15-12-7-10(14)5-6-13(12)17(18)19/h2-7,15H,8H2,1H3. The maximum absolute atomic E-state index is 10.9. The van der Waals surface area contributed by atoms with Gasteiger partial charge in [-0.25, -0.2) is 0 Å². The first-order chi connectivity index (χ1) is 9.06. The lowest BCUT2D eigenvalue weighted by Crippen LogP contribution is -2.04. The largest absolute Gasteiger partial charge is 0.374 e. The van der Waals surface area contributed by atoms with Crippen molar-refractivity contribution in [2.75, 3.05) is 5.32 Å². The first kappa shape index (κ1) is 13.3. The van der Waals surface area contributed by atoms with Gasteiger partial charge in [0.25, 0.3) is 5.69 Å². The van der Waals surface area contributed by atoms with E-state index in [2.05, 4.69) is 10.3 Å². The van der Waals surface area contributed by atoms with Crippen molar-refractivity contribution < 1.29 is 4.92 Å². The molecule has 0 fully saturated rings. The van der Waals surface area contributed by atoms with Gasteiger partial charge in [0.05, 0.1) is 17.2 Å². The zero-order valence-electron chi connectivity index (χ0n) is 10.3. The van der Waals surface area contributed by atoms with Crippen LogP contribution in [0, 0.1) is 17.0 Å². The Balaban J connectivity index is 2.19. The van der Waals surface area contributed by atoms with Crippen LogP contribution in [0.2, 0.25) is 5.02 Å². The van der Waals surface area contributed by atoms with Crippen molar-refractivity contribution in [3.8, 4) is 0 Å². The summed E-state index contributed by atoms with van der Waals surface area (Å²) in [7, 11) is 0. The van der Waals surface area contributed by atoms with E-state index >= 15 is 0 Å². The third-order valence-electron chi connectivity index (χ3n) is 2.56. The normalized spacial score (nSPS) is 10.2. The Morgan fingerprint density at radius 3 is 2.84 bits per heavy atom. The van der Waals surface area contributed by atoms with Crippen LogP contribution in [0.25, 0.3) is 0 Å². The van der Waals surface area contributed by atoms with Gasteiger partial charge in [0.2, 0.25) is 0 Å². The van der Waals surface area contributed by atoms with E-state index in [0.717, 1.165) is 11.4 Å². The van der Waals surface area contributed by atoms with Gasteiger partial charge in [-0.2, -0.15) is 0 Å². The Kier molecular flexibility index (Phi) is 3.97. The Labute approximate surface area is 115 Å². The molecule has 0 aliphatic carbocycles. The Morgan fingerprint density at radius 2 is 2.16 bits per heavy atom. The molecule has 98 valence electrons. The molecule has 2 rings (SSSR count). The van der Waals surface area contributed by atoms with E-state index in [1.807, 2.05) is 25.1 Å². The van der Waals surface area contributed by atoms with Gasteiger partial charge in [0, 0.05) is 16.8 Å². The number of hydrogen-bond acceptors (Lipinski definition) is 4. The predicted octanol–water partition coefficient (Wildman–Crippen LogP) is 3.56. The number of nitrogens with zero attached hydrogens (tertiary/aromatic N) is 2. The zero-order valence-corrected chi connectivity index (χ0v) is 11.0. The highest BCUT2D eigenvalue weighted by Gasteiger charge is 2.13. The summed E-state index contributed by atoms with van der Waals surface area (Å²) in [5, 5.41) is 14.3. The fourth-order valence-corrected chi connectivity index (χ4v) is 1.86. The van der Waals surface area contributed by atoms with Crippen LogP contribution in [-0.4, -0.2) is 9.91 Å². The van der Waals surface area contributed by atoms with Gasteiger partial charge < -0.3 is 5.32 Å². The van der Waals surface area contributed by atoms with Crippen molar-refractivity contribution in [1.29, 1.82) is 0 Å². The van der Waals surface area contributed by atoms with E-state index < -0.39 is 4.92 Å². The molecule has 0 radical (unpaired) electrons. The van der Waals surface area contributed by atoms with Gasteiger partial charge in [-0.3, -0.25) is 15.1 Å². The molecule has 0 bridgehead atoms. The highest BCUT2D eigenvalue weighted by molar-refractivity contribution is 6.31. The summed E-state index contributed by atoms with van der Waals surface area (Å²) in [6.07, 6.45) is 0. The number of halogens is 1. The minimum atomic E-state index is -0.442. The lowest BCUT2D eigenvalue weighted by molar-refractivity contribution is -0.384. The summed E-state index contributed by atoms with van der Waals surface area (Å²) in [4.78, 5) is 14.8. The molecule has 0 atom stereocenters. The van der Waals surface area contributed by atoms with Gasteiger partial charge in [-0.05, 0) is 31.2 Å². The second-order valence-electron chi connectivity index (χ2n) is 4.04. The van der Waals surface area contributed by atoms with E-state index in [0.29, 0.717) is 17.3 Å². The quantitative estimate of drug-likeness (QED) is 0.685. The molecule has 0 aliphatic rings. The second-order valence-corrected chi connectivity index (χ2v) is 4.48. The van der Waals surface area contributed by atoms with Crippen molar-refractivity contribution >= 4 is 23.0 Å². The smallest absolute Gasteiger partial charge is 0.292 e. The minimum absolute atomic E-state index is 0.00273. The van der Waals surface area contributed by atoms with Gasteiger partial charge in [0.1, 0.15) is 5.69 Å². The molecule has 0 spiro atoms. The SMILES string of the molecule is Cc1cccc(CNc2cc(Cl)ccc2[N+](=O)[O-])n1. The average molecular weight is 278 g/mol. The molecule has 1 aromatic heterocycles. The Bertz CT molecular complexity index is 617. The molecule has 5 nitrogen and oxygen atoms in total. The maximum Gasteiger partial charge on any atom is 0.292 e. The van der Waals surface area contributed by atoms with Gasteiger partial charge >= 0.3 is 0 Å². The number of nitro benzene ring substituents is 1. The van der Waals surface area contributed by atoms with Crippen LogP contribution in [0.3, 0.4) is 0 Å². The molecule has 1 N–H and O–H groups in total. The van der Waals surface area contributed by atoms with E-state index in [1.54, 1.807) is 0 Å². The molecule has 19 heavy (non-hydrogen) atoms. The van der Waals surface area contributed by atoms with E-state index in [1.165, 1.54) is 18.2 Å². The molecular weight excluding hydrogens is 266 g/mol. The van der Waals surface area contributed by atoms with E-state index in [-0.39, 0.29) is 5.69 Å². The number of nitrogens with one attached hydrogen (secondary N) is 1. The summed E-state index contributed by atoms with van der Waals surface area (Å²) >= 11 is 5.85. The number of anilines is 1. The van der Waals surface area contributed by atoms with Crippen LogP contribution >= 0.6 is 11.6 Å². The number of aryl methyl sites for hydroxylation is 1. The van der Waals surface area contributed by atoms with Crippen LogP contribution in [0.4, 0.5) is 11.4 Å². The third kappa shape index (κ3) is 3.42. The number of rotatable bonds is 4. The highest BCUT2D eigenvalue weighted by atomic mass is 35.5. The third-order valence-corrected chi connectivity index (χ3v) is 2.80. The van der Waals surface area contributed by atoms with Gasteiger partial charge in [-0.1, -0.05) is 17.7 Å². The number of benzene rings is 1. The molecule has 0 aliphatic heterocycles. The van der Waals surface area contributed by atoms with Crippen molar-refractivity contribution in [1.82, 2.24) is 4.98 Å². The zero-order chi connectivity index (χ0) is 13.8. The van der Waals surface area contributed by atoms with E-state index in [4.69, 9.17) is 11.6 Å². The van der Waals surface area contributed by atoms with Crippen LogP contribution in [0.1, 0.15) is 11.4 Å². The Hall–Kier alpha value is -2.14. The van der Waals surface area contributed by atoms with Crippen molar-refractivity contribution in [2.24, 2.45) is 0 Å². The molecule has 1 heterocycles. The number of aromatic nitrogens is 1. The topological polar surface area (TPSA) is 68.1 Å². The van der Waals surface area contributed by atoms with Crippen LogP contribution in [-0.2, 0) is 6.54 Å². The minimum Gasteiger partial charge on any atom is -0.374 e. The van der Waals surface area contributed by atoms with Crippen LogP contribution in [0.15, 0.2) is 36.4 Å². The highest BCUT2D eigenvalue weighted by Crippen LogP contribution is 2.27. The molecule has 0 saturated carbocycles. The predicted molar refractivity (Wildman–Crippen MR) is 74.4 cm³/mol. The van der Waals surface area contributed by atoms with Gasteiger partial charge in [0.15, 0.2) is 0 Å². The molecule has 1 aromatic carbocycles. The fourth-order valence-electron chi connectivity index (χ4n) is 1.69. The molecule has 0 saturated heterocycles. The molecule has 0 unspecified atom stereocenters. The molecule has 2 aromatic rings. The number of pyridine rings is 1. The second kappa shape index (κ2) is 5.67. The van der Waals surface area contributed by atoms with Crippen molar-refractivity contribution in [2.45, 2.75) is 13.5 Å². The van der Waals surface area contributed by atoms with E-state index in [9.17, 15) is 10.1 Å². The lowest BCUT2D eigenvalue weighted by atomic mass is 10.2. The summed E-state index contributed by atoms with van der Waals surface area (Å²) in [6.45, 7) is 2.30. The summed E-state index contributed by atoms with van der Waals surface area (Å²) < 4.78 is 0. The average Bonchev–Trinajstić information content (AvgIpc) is 2.36. The molecule has 0 amide bonds. The van der Waals surface area contributed by atoms with Crippen LogP contribution < -0.4 is 5.32 Å². The van der Waals surface area contributed by atoms with Crippen molar-refractivity contribution in [3.63, 3.8) is 0 Å². The number of nitro groups is 1. The number of hydrogen-bond donors (Lipinski definition) is 1. The lowest BCUT2D eigenvalue weighted by Gasteiger charge is -2.07. The molecular formula is C13H12ClN3O2.